The third-order valence-corrected chi connectivity index (χ3v) is 6.40. The van der Waals surface area contributed by atoms with Crippen molar-refractivity contribution in [1.29, 1.82) is 0 Å². The van der Waals surface area contributed by atoms with Gasteiger partial charge in [-0.2, -0.15) is 0 Å². The second-order valence-corrected chi connectivity index (χ2v) is 8.10. The summed E-state index contributed by atoms with van der Waals surface area (Å²) in [7, 11) is 0. The van der Waals surface area contributed by atoms with Gasteiger partial charge in [-0.15, -0.1) is 0 Å². The van der Waals surface area contributed by atoms with Gasteiger partial charge in [0.1, 0.15) is 0 Å². The number of nitrogens with two attached hydrogens (primary N) is 1. The Morgan fingerprint density at radius 2 is 1.18 bits per heavy atom. The van der Waals surface area contributed by atoms with Crippen molar-refractivity contribution in [2.75, 3.05) is 0 Å². The van der Waals surface area contributed by atoms with Crippen molar-refractivity contribution in [3.05, 3.63) is 34.4 Å². The number of rotatable bonds is 2. The molecule has 2 saturated carbocycles. The van der Waals surface area contributed by atoms with Crippen LogP contribution in [0, 0.1) is 32.6 Å². The summed E-state index contributed by atoms with van der Waals surface area (Å²) in [5.41, 5.74) is 12.2. The highest BCUT2D eigenvalue weighted by molar-refractivity contribution is 5.40. The van der Waals surface area contributed by atoms with Gasteiger partial charge in [0.15, 0.2) is 0 Å². The molecule has 0 aliphatic heterocycles. The van der Waals surface area contributed by atoms with Gasteiger partial charge >= 0.3 is 0 Å². The van der Waals surface area contributed by atoms with Gasteiger partial charge in [0.05, 0.1) is 0 Å². The highest BCUT2D eigenvalue weighted by atomic mass is 14.6. The Labute approximate surface area is 136 Å². The minimum atomic E-state index is 0.491. The van der Waals surface area contributed by atoms with E-state index in [4.69, 9.17) is 5.73 Å². The molecule has 0 amide bonds. The maximum Gasteiger partial charge on any atom is 0.00390 e. The van der Waals surface area contributed by atoms with Crippen molar-refractivity contribution >= 4 is 0 Å². The summed E-state index contributed by atoms with van der Waals surface area (Å²) in [5.74, 6) is 2.76. The lowest BCUT2D eigenvalue weighted by Gasteiger charge is -2.38. The van der Waals surface area contributed by atoms with Crippen LogP contribution in [0.5, 0.6) is 0 Å². The smallest absolute Gasteiger partial charge is 0.00390 e. The molecule has 0 heterocycles. The molecule has 0 saturated heterocycles. The van der Waals surface area contributed by atoms with Crippen LogP contribution in [0.25, 0.3) is 0 Å². The van der Waals surface area contributed by atoms with Gasteiger partial charge in [0.2, 0.25) is 0 Å². The van der Waals surface area contributed by atoms with Crippen LogP contribution in [-0.2, 0) is 0 Å². The molecule has 122 valence electrons. The van der Waals surface area contributed by atoms with Crippen LogP contribution >= 0.6 is 0 Å². The average molecular weight is 300 g/mol. The minimum absolute atomic E-state index is 0.491. The van der Waals surface area contributed by atoms with Gasteiger partial charge in [-0.05, 0) is 107 Å². The molecule has 2 aliphatic carbocycles. The third kappa shape index (κ3) is 3.40. The van der Waals surface area contributed by atoms with Crippen LogP contribution in [-0.4, -0.2) is 6.04 Å². The van der Waals surface area contributed by atoms with Crippen LogP contribution in [0.4, 0.5) is 0 Å². The summed E-state index contributed by atoms with van der Waals surface area (Å²) in [5, 5.41) is 0. The maximum atomic E-state index is 6.07. The zero-order valence-electron chi connectivity index (χ0n) is 14.7. The first kappa shape index (κ1) is 16.1. The van der Waals surface area contributed by atoms with Gasteiger partial charge in [-0.1, -0.05) is 17.7 Å². The van der Waals surface area contributed by atoms with Crippen LogP contribution in [0.15, 0.2) is 12.1 Å². The number of hydrogen-bond donors (Lipinski definition) is 1. The molecule has 1 nitrogen and oxygen atoms in total. The molecule has 0 atom stereocenters. The van der Waals surface area contributed by atoms with Gasteiger partial charge in [0, 0.05) is 6.04 Å². The number of benzene rings is 1. The van der Waals surface area contributed by atoms with Crippen molar-refractivity contribution in [1.82, 2.24) is 0 Å². The molecule has 2 N–H and O–H groups in total. The largest absolute Gasteiger partial charge is 0.328 e. The number of aryl methyl sites for hydroxylation is 3. The van der Waals surface area contributed by atoms with Crippen molar-refractivity contribution in [3.63, 3.8) is 0 Å². The van der Waals surface area contributed by atoms with Gasteiger partial charge in [-0.25, -0.2) is 0 Å². The molecular weight excluding hydrogens is 266 g/mol. The molecule has 0 radical (unpaired) electrons. The lowest BCUT2D eigenvalue weighted by atomic mass is 9.68. The second-order valence-electron chi connectivity index (χ2n) is 8.10. The molecular formula is C21H33N. The Morgan fingerprint density at radius 3 is 1.68 bits per heavy atom. The molecule has 1 heteroatoms. The first-order valence-corrected chi connectivity index (χ1v) is 9.38. The fourth-order valence-corrected chi connectivity index (χ4v) is 5.33. The van der Waals surface area contributed by atoms with E-state index in [0.29, 0.717) is 6.04 Å². The molecule has 0 aromatic heterocycles. The van der Waals surface area contributed by atoms with Crippen molar-refractivity contribution in [2.24, 2.45) is 17.6 Å². The van der Waals surface area contributed by atoms with Crippen molar-refractivity contribution < 1.29 is 0 Å². The predicted molar refractivity (Wildman–Crippen MR) is 95.3 cm³/mol. The molecule has 22 heavy (non-hydrogen) atoms. The monoisotopic (exact) mass is 299 g/mol. The quantitative estimate of drug-likeness (QED) is 0.777. The fourth-order valence-electron chi connectivity index (χ4n) is 5.33. The number of hydrogen-bond acceptors (Lipinski definition) is 1. The summed E-state index contributed by atoms with van der Waals surface area (Å²) in [6, 6.07) is 5.24. The summed E-state index contributed by atoms with van der Waals surface area (Å²) in [6.45, 7) is 6.84. The van der Waals surface area contributed by atoms with Crippen LogP contribution in [0.3, 0.4) is 0 Å². The highest BCUT2D eigenvalue weighted by Crippen LogP contribution is 2.44. The average Bonchev–Trinajstić information content (AvgIpc) is 2.48. The Hall–Kier alpha value is -0.820. The van der Waals surface area contributed by atoms with Gasteiger partial charge in [-0.3, -0.25) is 0 Å². The van der Waals surface area contributed by atoms with E-state index in [1.165, 1.54) is 68.1 Å². The lowest BCUT2D eigenvalue weighted by molar-refractivity contribution is 0.177. The summed E-state index contributed by atoms with van der Waals surface area (Å²) in [4.78, 5) is 0. The van der Waals surface area contributed by atoms with E-state index >= 15 is 0 Å². The Morgan fingerprint density at radius 1 is 0.727 bits per heavy atom. The van der Waals surface area contributed by atoms with E-state index in [1.807, 2.05) is 0 Å². The summed E-state index contributed by atoms with van der Waals surface area (Å²) >= 11 is 0. The SMILES string of the molecule is Cc1cc(C)c(C2CCC(C3CCC(N)CC3)CC2)c(C)c1. The van der Waals surface area contributed by atoms with Crippen LogP contribution in [0.2, 0.25) is 0 Å². The Balaban J connectivity index is 1.62. The molecule has 1 aromatic carbocycles. The normalized spacial score (nSPS) is 32.9. The topological polar surface area (TPSA) is 26.0 Å². The molecule has 2 fully saturated rings. The molecule has 1 aromatic rings. The zero-order chi connectivity index (χ0) is 15.7. The molecule has 0 spiro atoms. The fraction of sp³-hybridized carbons (Fsp3) is 0.714. The van der Waals surface area contributed by atoms with Gasteiger partial charge in [0.25, 0.3) is 0 Å². The van der Waals surface area contributed by atoms with E-state index in [0.717, 1.165) is 17.8 Å². The second kappa shape index (κ2) is 6.74. The van der Waals surface area contributed by atoms with E-state index in [9.17, 15) is 0 Å². The standard InChI is InChI=1S/C21H33N/c1-14-12-15(2)21(16(3)13-14)19-6-4-17(5-7-19)18-8-10-20(22)11-9-18/h12-13,17-20H,4-11,22H2,1-3H3. The van der Waals surface area contributed by atoms with Crippen LogP contribution < -0.4 is 5.73 Å². The molecule has 0 unspecified atom stereocenters. The molecule has 3 rings (SSSR count). The van der Waals surface area contributed by atoms with Gasteiger partial charge < -0.3 is 5.73 Å². The molecule has 2 aliphatic rings. The van der Waals surface area contributed by atoms with E-state index in [2.05, 4.69) is 32.9 Å². The van der Waals surface area contributed by atoms with E-state index in [-0.39, 0.29) is 0 Å². The molecule has 0 bridgehead atoms. The zero-order valence-corrected chi connectivity index (χ0v) is 14.7. The minimum Gasteiger partial charge on any atom is -0.328 e. The Bertz CT molecular complexity index is 480. The van der Waals surface area contributed by atoms with E-state index < -0.39 is 0 Å². The van der Waals surface area contributed by atoms with Crippen molar-refractivity contribution in [2.45, 2.75) is 84.1 Å². The predicted octanol–water partition coefficient (Wildman–Crippen LogP) is 5.40. The van der Waals surface area contributed by atoms with E-state index in [1.54, 1.807) is 5.56 Å². The first-order valence-electron chi connectivity index (χ1n) is 9.38. The van der Waals surface area contributed by atoms with Crippen molar-refractivity contribution in [3.8, 4) is 0 Å². The highest BCUT2D eigenvalue weighted by Gasteiger charge is 2.31. The Kier molecular flexibility index (Phi) is 4.92. The summed E-state index contributed by atoms with van der Waals surface area (Å²) < 4.78 is 0. The summed E-state index contributed by atoms with van der Waals surface area (Å²) in [6.07, 6.45) is 11.0. The lowest BCUT2D eigenvalue weighted by Crippen LogP contribution is -2.31. The van der Waals surface area contributed by atoms with Crippen LogP contribution in [0.1, 0.15) is 79.5 Å². The maximum absolute atomic E-state index is 6.07. The third-order valence-electron chi connectivity index (χ3n) is 6.40. The first-order chi connectivity index (χ1) is 10.5.